The van der Waals surface area contributed by atoms with Gasteiger partial charge in [0.2, 0.25) is 5.75 Å². The van der Waals surface area contributed by atoms with Crippen LogP contribution in [0.5, 0.6) is 11.5 Å². The molecule has 6 nitrogen and oxygen atoms in total. The van der Waals surface area contributed by atoms with Gasteiger partial charge in [-0.05, 0) is 37.4 Å². The lowest BCUT2D eigenvalue weighted by Crippen LogP contribution is -2.36. The normalized spacial score (nSPS) is 17.0. The number of nitrogens with one attached hydrogen (secondary N) is 1. The molecule has 2 aromatic rings. The first-order valence-corrected chi connectivity index (χ1v) is 9.24. The van der Waals surface area contributed by atoms with Crippen LogP contribution in [0.25, 0.3) is 0 Å². The minimum atomic E-state index is -5.23. The van der Waals surface area contributed by atoms with Gasteiger partial charge in [-0.25, -0.2) is 4.79 Å². The highest BCUT2D eigenvalue weighted by Crippen LogP contribution is 2.27. The van der Waals surface area contributed by atoms with E-state index in [2.05, 4.69) is 10.1 Å². The summed E-state index contributed by atoms with van der Waals surface area (Å²) in [6.45, 7) is 1.91. The van der Waals surface area contributed by atoms with Gasteiger partial charge in [-0.15, -0.1) is 0 Å². The largest absolute Gasteiger partial charge is 0.491 e. The standard InChI is InChI=1S/C20H21F3N2O4/c21-20(22,23)19(27)29-17-16(28-13-14-5-2-1-3-6-14)8-10-25(18(17)26)12-15-7-4-9-24-11-15/h1-3,5-6,8,10,15,24H,4,7,9,11-13H2. The molecule has 9 heteroatoms. The Balaban J connectivity index is 1.86. The molecule has 1 saturated heterocycles. The van der Waals surface area contributed by atoms with Crippen molar-refractivity contribution < 1.29 is 27.4 Å². The number of ether oxygens (including phenoxy) is 2. The van der Waals surface area contributed by atoms with E-state index in [1.165, 1.54) is 16.8 Å². The van der Waals surface area contributed by atoms with Gasteiger partial charge in [-0.3, -0.25) is 4.79 Å². The van der Waals surface area contributed by atoms with E-state index in [0.29, 0.717) is 13.1 Å². The molecule has 1 atom stereocenters. The second kappa shape index (κ2) is 9.13. The molecule has 1 aromatic carbocycles. The van der Waals surface area contributed by atoms with Gasteiger partial charge >= 0.3 is 12.1 Å². The molecule has 0 amide bonds. The Labute approximate surface area is 165 Å². The minimum Gasteiger partial charge on any atom is -0.485 e. The monoisotopic (exact) mass is 410 g/mol. The molecule has 0 bridgehead atoms. The number of pyridine rings is 1. The smallest absolute Gasteiger partial charge is 0.485 e. The number of carbonyl (C=O) groups excluding carboxylic acids is 1. The summed E-state index contributed by atoms with van der Waals surface area (Å²) in [6, 6.07) is 10.2. The fourth-order valence-electron chi connectivity index (χ4n) is 3.13. The Morgan fingerprint density at radius 3 is 2.62 bits per heavy atom. The van der Waals surface area contributed by atoms with Crippen molar-refractivity contribution in [1.29, 1.82) is 0 Å². The molecule has 1 unspecified atom stereocenters. The van der Waals surface area contributed by atoms with Crippen LogP contribution in [0.4, 0.5) is 13.2 Å². The van der Waals surface area contributed by atoms with Crippen molar-refractivity contribution in [3.63, 3.8) is 0 Å². The molecule has 1 fully saturated rings. The number of carbonyl (C=O) groups is 1. The van der Waals surface area contributed by atoms with Crippen LogP contribution < -0.4 is 20.3 Å². The van der Waals surface area contributed by atoms with Crippen LogP contribution in [0.3, 0.4) is 0 Å². The Bertz CT molecular complexity index is 891. The number of piperidine rings is 1. The molecule has 3 rings (SSSR count). The van der Waals surface area contributed by atoms with Crippen molar-refractivity contribution >= 4 is 5.97 Å². The van der Waals surface area contributed by atoms with Gasteiger partial charge in [0.15, 0.2) is 5.75 Å². The van der Waals surface area contributed by atoms with Crippen LogP contribution in [0.1, 0.15) is 18.4 Å². The van der Waals surface area contributed by atoms with Crippen LogP contribution in [-0.4, -0.2) is 29.8 Å². The van der Waals surface area contributed by atoms with Crippen molar-refractivity contribution in [2.75, 3.05) is 13.1 Å². The zero-order valence-electron chi connectivity index (χ0n) is 15.6. The highest BCUT2D eigenvalue weighted by atomic mass is 19.4. The van der Waals surface area contributed by atoms with Gasteiger partial charge in [0, 0.05) is 18.8 Å². The second-order valence-electron chi connectivity index (χ2n) is 6.84. The third-order valence-electron chi connectivity index (χ3n) is 4.60. The highest BCUT2D eigenvalue weighted by Gasteiger charge is 2.42. The number of aromatic nitrogens is 1. The first-order chi connectivity index (χ1) is 13.8. The lowest BCUT2D eigenvalue weighted by Gasteiger charge is -2.24. The minimum absolute atomic E-state index is 0.00735. The van der Waals surface area contributed by atoms with Crippen LogP contribution >= 0.6 is 0 Å². The van der Waals surface area contributed by atoms with Crippen LogP contribution in [0.15, 0.2) is 47.4 Å². The van der Waals surface area contributed by atoms with E-state index in [1.807, 2.05) is 0 Å². The molecule has 1 N–H and O–H groups in total. The van der Waals surface area contributed by atoms with Crippen molar-refractivity contribution in [2.45, 2.75) is 32.2 Å². The second-order valence-corrected chi connectivity index (χ2v) is 6.84. The molecule has 1 aromatic heterocycles. The lowest BCUT2D eigenvalue weighted by molar-refractivity contribution is -0.189. The molecule has 1 aliphatic heterocycles. The zero-order valence-corrected chi connectivity index (χ0v) is 15.6. The summed E-state index contributed by atoms with van der Waals surface area (Å²) in [5.74, 6) is -3.27. The molecule has 0 spiro atoms. The van der Waals surface area contributed by atoms with E-state index in [-0.39, 0.29) is 18.3 Å². The Morgan fingerprint density at radius 1 is 1.21 bits per heavy atom. The maximum Gasteiger partial charge on any atom is 0.491 e. The van der Waals surface area contributed by atoms with Crippen molar-refractivity contribution in [3.8, 4) is 11.5 Å². The number of esters is 1. The summed E-state index contributed by atoms with van der Waals surface area (Å²) < 4.78 is 49.2. The van der Waals surface area contributed by atoms with Gasteiger partial charge in [0.25, 0.3) is 5.56 Å². The lowest BCUT2D eigenvalue weighted by atomic mass is 10.00. The van der Waals surface area contributed by atoms with Crippen LogP contribution in [0, 0.1) is 5.92 Å². The van der Waals surface area contributed by atoms with Gasteiger partial charge in [-0.1, -0.05) is 30.3 Å². The zero-order chi connectivity index (χ0) is 20.9. The van der Waals surface area contributed by atoms with E-state index in [9.17, 15) is 22.8 Å². The summed E-state index contributed by atoms with van der Waals surface area (Å²) in [6.07, 6.45) is -1.93. The van der Waals surface area contributed by atoms with E-state index in [0.717, 1.165) is 24.9 Å². The predicted octanol–water partition coefficient (Wildman–Crippen LogP) is 2.89. The molecular formula is C20H21F3N2O4. The molecule has 0 radical (unpaired) electrons. The highest BCUT2D eigenvalue weighted by molar-refractivity contribution is 5.78. The summed E-state index contributed by atoms with van der Waals surface area (Å²) in [4.78, 5) is 24.1. The van der Waals surface area contributed by atoms with E-state index in [1.54, 1.807) is 30.3 Å². The van der Waals surface area contributed by atoms with Crippen molar-refractivity contribution in [3.05, 3.63) is 58.5 Å². The average molecular weight is 410 g/mol. The maximum atomic E-state index is 12.8. The Hall–Kier alpha value is -2.81. The summed E-state index contributed by atoms with van der Waals surface area (Å²) in [5, 5.41) is 3.22. The first kappa shape index (κ1) is 20.9. The number of benzene rings is 1. The van der Waals surface area contributed by atoms with Crippen LogP contribution in [0.2, 0.25) is 0 Å². The predicted molar refractivity (Wildman–Crippen MR) is 98.8 cm³/mol. The quantitative estimate of drug-likeness (QED) is 0.742. The van der Waals surface area contributed by atoms with Crippen LogP contribution in [-0.2, 0) is 17.9 Å². The Morgan fingerprint density at radius 2 is 1.97 bits per heavy atom. The molecule has 29 heavy (non-hydrogen) atoms. The summed E-state index contributed by atoms with van der Waals surface area (Å²) in [7, 11) is 0. The third-order valence-corrected chi connectivity index (χ3v) is 4.60. The fourth-order valence-corrected chi connectivity index (χ4v) is 3.13. The molecule has 1 aliphatic rings. The number of nitrogens with zero attached hydrogens (tertiary/aromatic N) is 1. The fraction of sp³-hybridized carbons (Fsp3) is 0.400. The SMILES string of the molecule is O=C(Oc1c(OCc2ccccc2)ccn(CC2CCCNC2)c1=O)C(F)(F)F. The maximum absolute atomic E-state index is 12.8. The molecule has 0 aliphatic carbocycles. The van der Waals surface area contributed by atoms with Gasteiger partial charge < -0.3 is 19.4 Å². The topological polar surface area (TPSA) is 69.6 Å². The number of halogens is 3. The average Bonchev–Trinajstić information content (AvgIpc) is 2.71. The summed E-state index contributed by atoms with van der Waals surface area (Å²) in [5.41, 5.74) is -0.0863. The first-order valence-electron chi connectivity index (χ1n) is 9.24. The van der Waals surface area contributed by atoms with Gasteiger partial charge in [0.05, 0.1) is 0 Å². The number of alkyl halides is 3. The van der Waals surface area contributed by atoms with E-state index < -0.39 is 23.5 Å². The summed E-state index contributed by atoms with van der Waals surface area (Å²) >= 11 is 0. The number of hydrogen-bond donors (Lipinski definition) is 1. The van der Waals surface area contributed by atoms with E-state index in [4.69, 9.17) is 4.74 Å². The molecular weight excluding hydrogens is 389 g/mol. The molecule has 156 valence electrons. The molecule has 2 heterocycles. The van der Waals surface area contributed by atoms with E-state index >= 15 is 0 Å². The Kier molecular flexibility index (Phi) is 6.58. The van der Waals surface area contributed by atoms with Gasteiger partial charge in [-0.2, -0.15) is 13.2 Å². The number of rotatable bonds is 6. The number of hydrogen-bond acceptors (Lipinski definition) is 5. The van der Waals surface area contributed by atoms with Gasteiger partial charge in [0.1, 0.15) is 6.61 Å². The van der Waals surface area contributed by atoms with Crippen molar-refractivity contribution in [1.82, 2.24) is 9.88 Å². The molecule has 0 saturated carbocycles. The third kappa shape index (κ3) is 5.60. The van der Waals surface area contributed by atoms with Crippen molar-refractivity contribution in [2.24, 2.45) is 5.92 Å².